The van der Waals surface area contributed by atoms with E-state index in [0.29, 0.717) is 13.1 Å². The van der Waals surface area contributed by atoms with Gasteiger partial charge in [-0.25, -0.2) is 9.78 Å². The maximum atomic E-state index is 12.8. The molecule has 1 amide bonds. The van der Waals surface area contributed by atoms with Crippen LogP contribution in [-0.4, -0.2) is 38.4 Å². The summed E-state index contributed by atoms with van der Waals surface area (Å²) in [5, 5.41) is 1.01. The highest BCUT2D eigenvalue weighted by Gasteiger charge is 2.28. The molecule has 1 aliphatic rings. The van der Waals surface area contributed by atoms with Gasteiger partial charge in [-0.05, 0) is 38.3 Å². The summed E-state index contributed by atoms with van der Waals surface area (Å²) >= 11 is 1.50. The number of piperidine rings is 1. The number of aromatic nitrogens is 3. The topological polar surface area (TPSA) is 71.0 Å². The number of H-pyrrole nitrogens is 1. The third kappa shape index (κ3) is 2.86. The molecular weight excluding hydrogens is 348 g/mol. The second-order valence-electron chi connectivity index (χ2n) is 6.72. The lowest BCUT2D eigenvalue weighted by atomic mass is 10.0. The van der Waals surface area contributed by atoms with Crippen molar-refractivity contribution in [3.63, 3.8) is 0 Å². The van der Waals surface area contributed by atoms with Crippen LogP contribution >= 0.6 is 11.3 Å². The molecule has 136 valence electrons. The van der Waals surface area contributed by atoms with Gasteiger partial charge in [0, 0.05) is 19.1 Å². The van der Waals surface area contributed by atoms with Gasteiger partial charge in [-0.15, -0.1) is 11.3 Å². The van der Waals surface area contributed by atoms with E-state index in [9.17, 15) is 9.59 Å². The largest absolute Gasteiger partial charge is 0.338 e. The molecule has 0 spiro atoms. The number of amides is 1. The summed E-state index contributed by atoms with van der Waals surface area (Å²) in [7, 11) is 0. The van der Waals surface area contributed by atoms with Crippen LogP contribution in [-0.2, 0) is 6.42 Å². The molecule has 2 aromatic heterocycles. The van der Waals surface area contributed by atoms with E-state index in [1.807, 2.05) is 40.7 Å². The number of aryl methyl sites for hydroxylation is 2. The molecule has 4 rings (SSSR count). The molecule has 1 N–H and O–H groups in total. The Balaban J connectivity index is 1.52. The zero-order valence-corrected chi connectivity index (χ0v) is 15.8. The van der Waals surface area contributed by atoms with Crippen LogP contribution in [0.25, 0.3) is 11.0 Å². The van der Waals surface area contributed by atoms with E-state index >= 15 is 0 Å². The second-order valence-corrected chi connectivity index (χ2v) is 7.80. The van der Waals surface area contributed by atoms with E-state index in [0.717, 1.165) is 45.9 Å². The fourth-order valence-corrected chi connectivity index (χ4v) is 4.68. The summed E-state index contributed by atoms with van der Waals surface area (Å²) in [6.07, 6.45) is 2.42. The fraction of sp³-hybridized carbons (Fsp3) is 0.421. The molecule has 3 aromatic rings. The number of aromatic amines is 1. The quantitative estimate of drug-likeness (QED) is 0.770. The lowest BCUT2D eigenvalue weighted by Crippen LogP contribution is -2.40. The molecule has 1 fully saturated rings. The van der Waals surface area contributed by atoms with Crippen molar-refractivity contribution in [1.29, 1.82) is 0 Å². The summed E-state index contributed by atoms with van der Waals surface area (Å²) < 4.78 is 1.85. The minimum absolute atomic E-state index is 0.0677. The molecule has 0 atom stereocenters. The van der Waals surface area contributed by atoms with Crippen LogP contribution in [0.3, 0.4) is 0 Å². The Kier molecular flexibility index (Phi) is 4.40. The standard InChI is InChI=1S/C19H22N4O2S/c1-3-16-20-12(2)17(26-16)18(24)22-10-8-13(9-11-22)23-15-7-5-4-6-14(15)21-19(23)25/h4-7,13H,3,8-11H2,1-2H3,(H,21,25). The first-order valence-electron chi connectivity index (χ1n) is 9.03. The normalized spacial score (nSPS) is 15.7. The molecular formula is C19H22N4O2S. The summed E-state index contributed by atoms with van der Waals surface area (Å²) in [6, 6.07) is 7.88. The predicted molar refractivity (Wildman–Crippen MR) is 103 cm³/mol. The molecule has 0 bridgehead atoms. The highest BCUT2D eigenvalue weighted by molar-refractivity contribution is 7.13. The Morgan fingerprint density at radius 3 is 2.73 bits per heavy atom. The number of para-hydroxylation sites is 2. The van der Waals surface area contributed by atoms with Gasteiger partial charge < -0.3 is 9.88 Å². The minimum Gasteiger partial charge on any atom is -0.338 e. The first kappa shape index (κ1) is 17.0. The number of rotatable bonds is 3. The van der Waals surface area contributed by atoms with E-state index in [1.165, 1.54) is 11.3 Å². The molecule has 0 saturated carbocycles. The van der Waals surface area contributed by atoms with Crippen molar-refractivity contribution in [2.75, 3.05) is 13.1 Å². The first-order chi connectivity index (χ1) is 12.6. The molecule has 26 heavy (non-hydrogen) atoms. The van der Waals surface area contributed by atoms with Gasteiger partial charge in [0.1, 0.15) is 4.88 Å². The second kappa shape index (κ2) is 6.72. The third-order valence-corrected chi connectivity index (χ3v) is 6.37. The number of hydrogen-bond donors (Lipinski definition) is 1. The van der Waals surface area contributed by atoms with Crippen LogP contribution < -0.4 is 5.69 Å². The molecule has 0 radical (unpaired) electrons. The first-order valence-corrected chi connectivity index (χ1v) is 9.85. The number of nitrogens with one attached hydrogen (secondary N) is 1. The molecule has 0 unspecified atom stereocenters. The van der Waals surface area contributed by atoms with E-state index in [4.69, 9.17) is 0 Å². The van der Waals surface area contributed by atoms with Crippen molar-refractivity contribution >= 4 is 28.3 Å². The molecule has 1 aromatic carbocycles. The molecule has 3 heterocycles. The van der Waals surface area contributed by atoms with Crippen LogP contribution in [0.1, 0.15) is 46.2 Å². The number of nitrogens with zero attached hydrogens (tertiary/aromatic N) is 3. The molecule has 6 nitrogen and oxygen atoms in total. The molecule has 1 saturated heterocycles. The summed E-state index contributed by atoms with van der Waals surface area (Å²) in [5.41, 5.74) is 2.56. The number of carbonyl (C=O) groups is 1. The number of fused-ring (bicyclic) bond motifs is 1. The molecule has 1 aliphatic heterocycles. The highest BCUT2D eigenvalue weighted by atomic mass is 32.1. The fourth-order valence-electron chi connectivity index (χ4n) is 3.71. The Bertz CT molecular complexity index is 1010. The zero-order chi connectivity index (χ0) is 18.3. The van der Waals surface area contributed by atoms with Crippen molar-refractivity contribution in [2.45, 2.75) is 39.2 Å². The van der Waals surface area contributed by atoms with Crippen molar-refractivity contribution in [2.24, 2.45) is 0 Å². The minimum atomic E-state index is -0.0677. The highest BCUT2D eigenvalue weighted by Crippen LogP contribution is 2.27. The Morgan fingerprint density at radius 1 is 1.31 bits per heavy atom. The van der Waals surface area contributed by atoms with Gasteiger partial charge in [0.15, 0.2) is 0 Å². The molecule has 7 heteroatoms. The SMILES string of the molecule is CCc1nc(C)c(C(=O)N2CCC(n3c(=O)[nH]c4ccccc43)CC2)s1. The lowest BCUT2D eigenvalue weighted by Gasteiger charge is -2.32. The van der Waals surface area contributed by atoms with Crippen molar-refractivity contribution < 1.29 is 4.79 Å². The van der Waals surface area contributed by atoms with E-state index in [2.05, 4.69) is 16.9 Å². The van der Waals surface area contributed by atoms with Crippen LogP contribution in [0.2, 0.25) is 0 Å². The smallest absolute Gasteiger partial charge is 0.326 e. The van der Waals surface area contributed by atoms with Crippen LogP contribution in [0.5, 0.6) is 0 Å². The third-order valence-electron chi connectivity index (χ3n) is 5.08. The number of imidazole rings is 1. The average molecular weight is 370 g/mol. The van der Waals surface area contributed by atoms with Crippen LogP contribution in [0, 0.1) is 6.92 Å². The monoisotopic (exact) mass is 370 g/mol. The Labute approximate surface area is 155 Å². The summed E-state index contributed by atoms with van der Waals surface area (Å²) in [4.78, 5) is 35.3. The van der Waals surface area contributed by atoms with Crippen molar-refractivity contribution in [3.05, 3.63) is 50.3 Å². The predicted octanol–water partition coefficient (Wildman–Crippen LogP) is 3.13. The average Bonchev–Trinajstić information content (AvgIpc) is 3.20. The van der Waals surface area contributed by atoms with Gasteiger partial charge in [0.05, 0.1) is 21.7 Å². The number of hydrogen-bond acceptors (Lipinski definition) is 4. The number of likely N-dealkylation sites (tertiary alicyclic amines) is 1. The van der Waals surface area contributed by atoms with E-state index < -0.39 is 0 Å². The van der Waals surface area contributed by atoms with Crippen LogP contribution in [0.15, 0.2) is 29.1 Å². The van der Waals surface area contributed by atoms with Gasteiger partial charge in [-0.3, -0.25) is 9.36 Å². The number of thiazole rings is 1. The van der Waals surface area contributed by atoms with Gasteiger partial charge >= 0.3 is 5.69 Å². The maximum Gasteiger partial charge on any atom is 0.326 e. The number of benzene rings is 1. The van der Waals surface area contributed by atoms with Gasteiger partial charge in [-0.2, -0.15) is 0 Å². The Hall–Kier alpha value is -2.41. The van der Waals surface area contributed by atoms with Gasteiger partial charge in [0.2, 0.25) is 0 Å². The van der Waals surface area contributed by atoms with Crippen molar-refractivity contribution in [1.82, 2.24) is 19.4 Å². The Morgan fingerprint density at radius 2 is 2.04 bits per heavy atom. The van der Waals surface area contributed by atoms with Crippen LogP contribution in [0.4, 0.5) is 0 Å². The van der Waals surface area contributed by atoms with Gasteiger partial charge in [-0.1, -0.05) is 19.1 Å². The zero-order valence-electron chi connectivity index (χ0n) is 15.0. The summed E-state index contributed by atoms with van der Waals surface area (Å²) in [6.45, 7) is 5.28. The summed E-state index contributed by atoms with van der Waals surface area (Å²) in [5.74, 6) is 0.0735. The lowest BCUT2D eigenvalue weighted by molar-refractivity contribution is 0.0699. The molecule has 0 aliphatic carbocycles. The van der Waals surface area contributed by atoms with E-state index in [-0.39, 0.29) is 17.6 Å². The maximum absolute atomic E-state index is 12.8. The van der Waals surface area contributed by atoms with E-state index in [1.54, 1.807) is 0 Å². The van der Waals surface area contributed by atoms with Crippen molar-refractivity contribution in [3.8, 4) is 0 Å². The number of carbonyl (C=O) groups excluding carboxylic acids is 1. The van der Waals surface area contributed by atoms with Gasteiger partial charge in [0.25, 0.3) is 5.91 Å².